The van der Waals surface area contributed by atoms with E-state index in [1.807, 2.05) is 48.5 Å². The number of carbonyl (C=O) groups is 4. The SMILES string of the molecule is Cc1c(NC(=O)COC(=O)CN2C(=O)[C@@H]3C4c5ccccc5C(c5ccccc54)[C@H]3C2=O)ccc(Br)c1Cl. The number of likely N-dealkylation sites (tertiary alicyclic amines) is 1. The number of benzene rings is 3. The lowest BCUT2D eigenvalue weighted by atomic mass is 9.55. The predicted octanol–water partition coefficient (Wildman–Crippen LogP) is 4.78. The Labute approximate surface area is 232 Å². The van der Waals surface area contributed by atoms with Crippen molar-refractivity contribution in [3.8, 4) is 0 Å². The van der Waals surface area contributed by atoms with Gasteiger partial charge in [-0.2, -0.15) is 0 Å². The van der Waals surface area contributed by atoms with E-state index in [4.69, 9.17) is 16.3 Å². The molecule has 7 rings (SSSR count). The Hall–Kier alpha value is -3.49. The Balaban J connectivity index is 1.17. The lowest BCUT2D eigenvalue weighted by molar-refractivity contribution is -0.154. The van der Waals surface area contributed by atoms with E-state index in [1.165, 1.54) is 0 Å². The van der Waals surface area contributed by atoms with Crippen LogP contribution in [0, 0.1) is 18.8 Å². The summed E-state index contributed by atoms with van der Waals surface area (Å²) >= 11 is 9.52. The van der Waals surface area contributed by atoms with Crippen LogP contribution in [0.4, 0.5) is 5.69 Å². The number of nitrogens with zero attached hydrogens (tertiary/aromatic N) is 1. The maximum Gasteiger partial charge on any atom is 0.326 e. The van der Waals surface area contributed by atoms with Gasteiger partial charge < -0.3 is 10.1 Å². The van der Waals surface area contributed by atoms with Crippen LogP contribution in [0.2, 0.25) is 5.02 Å². The molecule has 3 aliphatic carbocycles. The highest BCUT2D eigenvalue weighted by atomic mass is 79.9. The minimum Gasteiger partial charge on any atom is -0.454 e. The van der Waals surface area contributed by atoms with Gasteiger partial charge in [-0.25, -0.2) is 0 Å². The first-order valence-electron chi connectivity index (χ1n) is 12.2. The van der Waals surface area contributed by atoms with Gasteiger partial charge in [-0.05, 0) is 62.8 Å². The number of anilines is 1. The molecule has 1 aliphatic heterocycles. The maximum absolute atomic E-state index is 13.6. The first kappa shape index (κ1) is 24.8. The highest BCUT2D eigenvalue weighted by Gasteiger charge is 2.61. The molecule has 2 atom stereocenters. The van der Waals surface area contributed by atoms with Crippen molar-refractivity contribution in [2.45, 2.75) is 18.8 Å². The standard InChI is InChI=1S/C29H22BrClN2O5/c1-14-20(11-10-19(30)27(14)31)32-21(34)13-38-22(35)12-33-28(36)25-23-15-6-2-3-7-16(15)24(26(25)29(33)37)18-9-5-4-8-17(18)23/h2-11,23-26H,12-13H2,1H3,(H,32,34)/t23?,24?,25-,26-/m1/s1. The zero-order valence-electron chi connectivity index (χ0n) is 20.2. The van der Waals surface area contributed by atoms with Crippen molar-refractivity contribution < 1.29 is 23.9 Å². The van der Waals surface area contributed by atoms with E-state index >= 15 is 0 Å². The number of rotatable bonds is 5. The molecule has 3 amide bonds. The third-order valence-electron chi connectivity index (χ3n) is 7.80. The number of amides is 3. The average molecular weight is 594 g/mol. The Morgan fingerprint density at radius 3 is 1.89 bits per heavy atom. The minimum absolute atomic E-state index is 0.248. The zero-order chi connectivity index (χ0) is 26.7. The van der Waals surface area contributed by atoms with Gasteiger partial charge in [-0.3, -0.25) is 24.1 Å². The summed E-state index contributed by atoms with van der Waals surface area (Å²) in [5, 5.41) is 3.12. The van der Waals surface area contributed by atoms with Crippen molar-refractivity contribution in [1.82, 2.24) is 4.90 Å². The molecule has 3 aromatic carbocycles. The Morgan fingerprint density at radius 2 is 1.39 bits per heavy atom. The van der Waals surface area contributed by atoms with Crippen molar-refractivity contribution in [1.29, 1.82) is 0 Å². The number of ether oxygens (including phenoxy) is 1. The third kappa shape index (κ3) is 3.77. The summed E-state index contributed by atoms with van der Waals surface area (Å²) in [6, 6.07) is 19.2. The molecule has 1 saturated heterocycles. The van der Waals surface area contributed by atoms with Crippen LogP contribution >= 0.6 is 27.5 Å². The van der Waals surface area contributed by atoms with Gasteiger partial charge in [-0.1, -0.05) is 60.1 Å². The molecule has 2 bridgehead atoms. The molecule has 1 N–H and O–H groups in total. The molecule has 1 heterocycles. The van der Waals surface area contributed by atoms with Gasteiger partial charge in [0.25, 0.3) is 5.91 Å². The van der Waals surface area contributed by atoms with Gasteiger partial charge in [0.1, 0.15) is 6.54 Å². The number of halogens is 2. The summed E-state index contributed by atoms with van der Waals surface area (Å²) in [6.07, 6.45) is 0. The molecule has 9 heteroatoms. The summed E-state index contributed by atoms with van der Waals surface area (Å²) in [5.41, 5.74) is 5.38. The summed E-state index contributed by atoms with van der Waals surface area (Å²) in [6.45, 7) is 0.660. The smallest absolute Gasteiger partial charge is 0.326 e. The molecule has 0 spiro atoms. The quantitative estimate of drug-likeness (QED) is 0.339. The van der Waals surface area contributed by atoms with E-state index < -0.39 is 36.9 Å². The molecule has 0 radical (unpaired) electrons. The van der Waals surface area contributed by atoms with E-state index in [-0.39, 0.29) is 23.7 Å². The largest absolute Gasteiger partial charge is 0.454 e. The normalized spacial score (nSPS) is 22.6. The monoisotopic (exact) mass is 592 g/mol. The molecule has 7 nitrogen and oxygen atoms in total. The number of esters is 1. The molecule has 0 unspecified atom stereocenters. The number of imide groups is 1. The van der Waals surface area contributed by atoms with Crippen LogP contribution in [0.3, 0.4) is 0 Å². The lowest BCUT2D eigenvalue weighted by Crippen LogP contribution is -2.41. The van der Waals surface area contributed by atoms with E-state index in [0.717, 1.165) is 27.2 Å². The number of hydrogen-bond donors (Lipinski definition) is 1. The highest BCUT2D eigenvalue weighted by molar-refractivity contribution is 9.10. The van der Waals surface area contributed by atoms with Crippen molar-refractivity contribution in [2.75, 3.05) is 18.5 Å². The van der Waals surface area contributed by atoms with E-state index in [0.29, 0.717) is 20.7 Å². The van der Waals surface area contributed by atoms with Crippen molar-refractivity contribution in [3.05, 3.63) is 98.0 Å². The van der Waals surface area contributed by atoms with Crippen molar-refractivity contribution >= 4 is 56.9 Å². The van der Waals surface area contributed by atoms with Gasteiger partial charge in [0.15, 0.2) is 6.61 Å². The van der Waals surface area contributed by atoms with Crippen molar-refractivity contribution in [2.24, 2.45) is 11.8 Å². The Bertz CT molecular complexity index is 1420. The maximum atomic E-state index is 13.6. The second-order valence-corrected chi connectivity index (χ2v) is 11.0. The molecule has 0 saturated carbocycles. The predicted molar refractivity (Wildman–Crippen MR) is 144 cm³/mol. The highest BCUT2D eigenvalue weighted by Crippen LogP contribution is 2.60. The van der Waals surface area contributed by atoms with E-state index in [2.05, 4.69) is 21.2 Å². The summed E-state index contributed by atoms with van der Waals surface area (Å²) in [7, 11) is 0. The Morgan fingerprint density at radius 1 is 0.895 bits per heavy atom. The summed E-state index contributed by atoms with van der Waals surface area (Å²) in [5.74, 6) is -3.77. The molecule has 3 aromatic rings. The lowest BCUT2D eigenvalue weighted by Gasteiger charge is -2.45. The van der Waals surface area contributed by atoms with Gasteiger partial charge in [0.05, 0.1) is 16.9 Å². The molecule has 192 valence electrons. The van der Waals surface area contributed by atoms with Crippen molar-refractivity contribution in [3.63, 3.8) is 0 Å². The van der Waals surface area contributed by atoms with Gasteiger partial charge in [0.2, 0.25) is 11.8 Å². The third-order valence-corrected chi connectivity index (χ3v) is 9.18. The van der Waals surface area contributed by atoms with Crippen LogP contribution in [0.5, 0.6) is 0 Å². The van der Waals surface area contributed by atoms with E-state index in [1.54, 1.807) is 19.1 Å². The van der Waals surface area contributed by atoms with Crippen LogP contribution in [-0.2, 0) is 23.9 Å². The fraction of sp³-hybridized carbons (Fsp3) is 0.241. The van der Waals surface area contributed by atoms with Gasteiger partial charge in [-0.15, -0.1) is 0 Å². The van der Waals surface area contributed by atoms with Crippen LogP contribution in [-0.4, -0.2) is 41.7 Å². The fourth-order valence-electron chi connectivity index (χ4n) is 6.19. The number of carbonyl (C=O) groups excluding carboxylic acids is 4. The van der Waals surface area contributed by atoms with E-state index in [9.17, 15) is 19.2 Å². The van der Waals surface area contributed by atoms with Crippen LogP contribution < -0.4 is 5.32 Å². The summed E-state index contributed by atoms with van der Waals surface area (Å²) < 4.78 is 5.83. The second-order valence-electron chi connectivity index (χ2n) is 9.77. The molecule has 1 fully saturated rings. The van der Waals surface area contributed by atoms with Crippen LogP contribution in [0.15, 0.2) is 65.1 Å². The molecule has 38 heavy (non-hydrogen) atoms. The first-order chi connectivity index (χ1) is 18.3. The molecule has 4 aliphatic rings. The topological polar surface area (TPSA) is 92.8 Å². The average Bonchev–Trinajstić information content (AvgIpc) is 3.17. The van der Waals surface area contributed by atoms with Crippen LogP contribution in [0.25, 0.3) is 0 Å². The molecule has 0 aromatic heterocycles. The van der Waals surface area contributed by atoms with Gasteiger partial charge >= 0.3 is 5.97 Å². The molecular formula is C29H22BrClN2O5. The molecular weight excluding hydrogens is 572 g/mol. The number of nitrogens with one attached hydrogen (secondary N) is 1. The zero-order valence-corrected chi connectivity index (χ0v) is 22.6. The minimum atomic E-state index is -0.826. The first-order valence-corrected chi connectivity index (χ1v) is 13.4. The summed E-state index contributed by atoms with van der Waals surface area (Å²) in [4.78, 5) is 53.2. The second kappa shape index (κ2) is 9.36. The van der Waals surface area contributed by atoms with Gasteiger partial charge in [0, 0.05) is 22.0 Å². The fourth-order valence-corrected chi connectivity index (χ4v) is 6.78. The Kier molecular flexibility index (Phi) is 6.12. The van der Waals surface area contributed by atoms with Crippen LogP contribution in [0.1, 0.15) is 39.7 Å². The number of hydrogen-bond acceptors (Lipinski definition) is 5.